The van der Waals surface area contributed by atoms with Crippen LogP contribution < -0.4 is 5.73 Å². The first-order valence-corrected chi connectivity index (χ1v) is 10.7. The lowest BCUT2D eigenvalue weighted by Crippen LogP contribution is -2.48. The molecule has 0 saturated carbocycles. The molecule has 1 aliphatic carbocycles. The Labute approximate surface area is 159 Å². The second-order valence-electron chi connectivity index (χ2n) is 7.43. The minimum atomic E-state index is 0.0775. The molecule has 4 rings (SSSR count). The summed E-state index contributed by atoms with van der Waals surface area (Å²) in [6.45, 7) is 6.66. The topological polar surface area (TPSA) is 62.5 Å². The minimum Gasteiger partial charge on any atom is -0.397 e. The number of carbonyl (C=O) groups is 1. The molecular weight excluding hydrogens is 344 g/mol. The van der Waals surface area contributed by atoms with Crippen LogP contribution in [0.5, 0.6) is 0 Å². The smallest absolute Gasteiger partial charge is 0.266 e. The summed E-state index contributed by atoms with van der Waals surface area (Å²) < 4.78 is 0. The van der Waals surface area contributed by atoms with Gasteiger partial charge in [-0.1, -0.05) is 19.8 Å². The summed E-state index contributed by atoms with van der Waals surface area (Å²) in [7, 11) is 0. The monoisotopic (exact) mass is 372 g/mol. The van der Waals surface area contributed by atoms with Crippen LogP contribution in [-0.4, -0.2) is 53.4 Å². The molecule has 3 heterocycles. The molecule has 2 aromatic heterocycles. The predicted octanol–water partition coefficient (Wildman–Crippen LogP) is 3.32. The summed E-state index contributed by atoms with van der Waals surface area (Å²) in [4.78, 5) is 23.9. The Kier molecular flexibility index (Phi) is 5.14. The van der Waals surface area contributed by atoms with Gasteiger partial charge in [-0.25, -0.2) is 4.98 Å². The Morgan fingerprint density at radius 3 is 2.62 bits per heavy atom. The number of rotatable bonds is 2. The Bertz CT molecular complexity index is 808. The Morgan fingerprint density at radius 2 is 1.88 bits per heavy atom. The number of likely N-dealkylation sites (N-methyl/N-ethyl adjacent to an activating group) is 1. The number of fused-ring (bicyclic) bond motifs is 2. The average molecular weight is 373 g/mol. The molecule has 1 aliphatic heterocycles. The summed E-state index contributed by atoms with van der Waals surface area (Å²) >= 11 is 1.48. The molecule has 1 saturated heterocycles. The molecule has 5 nitrogen and oxygen atoms in total. The van der Waals surface area contributed by atoms with Crippen LogP contribution in [0.1, 0.15) is 53.5 Å². The van der Waals surface area contributed by atoms with Gasteiger partial charge in [0.25, 0.3) is 5.91 Å². The average Bonchev–Trinajstić information content (AvgIpc) is 2.97. The van der Waals surface area contributed by atoms with E-state index in [1.807, 2.05) is 4.90 Å². The summed E-state index contributed by atoms with van der Waals surface area (Å²) in [5.41, 5.74) is 9.59. The Balaban J connectivity index is 1.63. The van der Waals surface area contributed by atoms with Crippen LogP contribution in [0.15, 0.2) is 6.07 Å². The van der Waals surface area contributed by atoms with Gasteiger partial charge in [0.05, 0.1) is 5.69 Å². The van der Waals surface area contributed by atoms with Crippen molar-refractivity contribution in [2.75, 3.05) is 38.5 Å². The van der Waals surface area contributed by atoms with Crippen molar-refractivity contribution in [3.8, 4) is 0 Å². The number of hydrogen-bond acceptors (Lipinski definition) is 5. The SMILES string of the molecule is CCN1CCN(C(=O)c2sc3nc4c(cc3c2N)CCCCCC4)CC1. The molecule has 1 amide bonds. The number of carbonyl (C=O) groups excluding carboxylic acids is 1. The van der Waals surface area contributed by atoms with Gasteiger partial charge in [0, 0.05) is 37.3 Å². The molecule has 0 aromatic carbocycles. The molecule has 140 valence electrons. The number of thiophene rings is 1. The van der Waals surface area contributed by atoms with E-state index in [-0.39, 0.29) is 5.91 Å². The zero-order valence-corrected chi connectivity index (χ0v) is 16.4. The third kappa shape index (κ3) is 3.32. The van der Waals surface area contributed by atoms with Gasteiger partial charge < -0.3 is 15.5 Å². The van der Waals surface area contributed by atoms with E-state index >= 15 is 0 Å². The van der Waals surface area contributed by atoms with E-state index in [0.717, 1.165) is 55.8 Å². The van der Waals surface area contributed by atoms with Crippen LogP contribution in [0.25, 0.3) is 10.2 Å². The van der Waals surface area contributed by atoms with Gasteiger partial charge in [-0.15, -0.1) is 11.3 Å². The third-order valence-corrected chi connectivity index (χ3v) is 6.90. The van der Waals surface area contributed by atoms with Gasteiger partial charge in [-0.3, -0.25) is 4.79 Å². The van der Waals surface area contributed by atoms with E-state index in [0.29, 0.717) is 10.6 Å². The first-order chi connectivity index (χ1) is 12.7. The van der Waals surface area contributed by atoms with Crippen LogP contribution in [0.3, 0.4) is 0 Å². The molecule has 0 atom stereocenters. The van der Waals surface area contributed by atoms with Crippen LogP contribution >= 0.6 is 11.3 Å². The maximum atomic E-state index is 13.0. The zero-order chi connectivity index (χ0) is 18.1. The van der Waals surface area contributed by atoms with Crippen molar-refractivity contribution in [2.45, 2.75) is 45.4 Å². The van der Waals surface area contributed by atoms with Gasteiger partial charge >= 0.3 is 0 Å². The number of amides is 1. The summed E-state index contributed by atoms with van der Waals surface area (Å²) in [6.07, 6.45) is 7.14. The van der Waals surface area contributed by atoms with Gasteiger partial charge in [-0.2, -0.15) is 0 Å². The number of hydrogen-bond donors (Lipinski definition) is 1. The van der Waals surface area contributed by atoms with Crippen molar-refractivity contribution in [1.82, 2.24) is 14.8 Å². The number of piperazine rings is 1. The second kappa shape index (κ2) is 7.53. The fourth-order valence-corrected chi connectivity index (χ4v) is 5.15. The molecule has 0 bridgehead atoms. The lowest BCUT2D eigenvalue weighted by molar-refractivity contribution is 0.0649. The van der Waals surface area contributed by atoms with Crippen molar-refractivity contribution in [1.29, 1.82) is 0 Å². The van der Waals surface area contributed by atoms with Crippen LogP contribution in [0.2, 0.25) is 0 Å². The molecule has 2 aliphatic rings. The maximum absolute atomic E-state index is 13.0. The van der Waals surface area contributed by atoms with Gasteiger partial charge in [-0.05, 0) is 43.9 Å². The maximum Gasteiger partial charge on any atom is 0.266 e. The molecule has 0 unspecified atom stereocenters. The quantitative estimate of drug-likeness (QED) is 0.878. The number of aromatic nitrogens is 1. The minimum absolute atomic E-state index is 0.0775. The highest BCUT2D eigenvalue weighted by atomic mass is 32.1. The van der Waals surface area contributed by atoms with E-state index in [1.165, 1.54) is 48.3 Å². The number of aryl methyl sites for hydroxylation is 2. The first kappa shape index (κ1) is 17.7. The third-order valence-electron chi connectivity index (χ3n) is 5.80. The number of nitrogen functional groups attached to an aromatic ring is 1. The molecule has 0 spiro atoms. The first-order valence-electron chi connectivity index (χ1n) is 9.89. The number of nitrogens with zero attached hydrogens (tertiary/aromatic N) is 3. The highest BCUT2D eigenvalue weighted by Crippen LogP contribution is 2.35. The van der Waals surface area contributed by atoms with Crippen molar-refractivity contribution in [3.63, 3.8) is 0 Å². The van der Waals surface area contributed by atoms with E-state index in [9.17, 15) is 4.79 Å². The van der Waals surface area contributed by atoms with E-state index in [2.05, 4.69) is 17.9 Å². The second-order valence-corrected chi connectivity index (χ2v) is 8.43. The Hall–Kier alpha value is -1.66. The highest BCUT2D eigenvalue weighted by Gasteiger charge is 2.26. The zero-order valence-electron chi connectivity index (χ0n) is 15.6. The summed E-state index contributed by atoms with van der Waals surface area (Å²) in [6, 6.07) is 2.21. The number of anilines is 1. The predicted molar refractivity (Wildman–Crippen MR) is 108 cm³/mol. The lowest BCUT2D eigenvalue weighted by atomic mass is 9.96. The molecule has 2 aromatic rings. The summed E-state index contributed by atoms with van der Waals surface area (Å²) in [5.74, 6) is 0.0775. The normalized spacial score (nSPS) is 19.2. The van der Waals surface area contributed by atoms with Crippen LogP contribution in [0, 0.1) is 0 Å². The Morgan fingerprint density at radius 1 is 1.15 bits per heavy atom. The standard InChI is InChI=1S/C20H28N4OS/c1-2-23-9-11-24(12-10-23)20(25)18-17(21)15-13-14-7-5-3-4-6-8-16(14)22-19(15)26-18/h13H,2-12,21H2,1H3. The molecule has 2 N–H and O–H groups in total. The van der Waals surface area contributed by atoms with Gasteiger partial charge in [0.2, 0.25) is 0 Å². The van der Waals surface area contributed by atoms with Crippen molar-refractivity contribution in [3.05, 3.63) is 22.2 Å². The van der Waals surface area contributed by atoms with Crippen molar-refractivity contribution >= 4 is 33.1 Å². The van der Waals surface area contributed by atoms with Crippen LogP contribution in [-0.2, 0) is 12.8 Å². The molecule has 1 fully saturated rings. The molecule has 26 heavy (non-hydrogen) atoms. The fraction of sp³-hybridized carbons (Fsp3) is 0.600. The fourth-order valence-electron chi connectivity index (χ4n) is 4.08. The van der Waals surface area contributed by atoms with E-state index < -0.39 is 0 Å². The van der Waals surface area contributed by atoms with Gasteiger partial charge in [0.15, 0.2) is 0 Å². The van der Waals surface area contributed by atoms with E-state index in [4.69, 9.17) is 10.7 Å². The molecule has 6 heteroatoms. The molecule has 0 radical (unpaired) electrons. The number of pyridine rings is 1. The lowest BCUT2D eigenvalue weighted by Gasteiger charge is -2.33. The molecular formula is C20H28N4OS. The van der Waals surface area contributed by atoms with Crippen molar-refractivity contribution < 1.29 is 4.79 Å². The van der Waals surface area contributed by atoms with Gasteiger partial charge in [0.1, 0.15) is 9.71 Å². The summed E-state index contributed by atoms with van der Waals surface area (Å²) in [5, 5.41) is 0.977. The highest BCUT2D eigenvalue weighted by molar-refractivity contribution is 7.21. The largest absolute Gasteiger partial charge is 0.397 e. The van der Waals surface area contributed by atoms with Crippen molar-refractivity contribution in [2.24, 2.45) is 0 Å². The number of nitrogens with two attached hydrogens (primary N) is 1. The van der Waals surface area contributed by atoms with E-state index in [1.54, 1.807) is 0 Å². The van der Waals surface area contributed by atoms with Crippen LogP contribution in [0.4, 0.5) is 5.69 Å².